The fourth-order valence-corrected chi connectivity index (χ4v) is 2.16. The van der Waals surface area contributed by atoms with Crippen molar-refractivity contribution in [2.45, 2.75) is 25.8 Å². The predicted octanol–water partition coefficient (Wildman–Crippen LogP) is 2.34. The number of halogens is 1. The molecule has 4 nitrogen and oxygen atoms in total. The zero-order valence-electron chi connectivity index (χ0n) is 10.5. The highest BCUT2D eigenvalue weighted by Gasteiger charge is 2.31. The standard InChI is InChI=1S/C13H17FN2O2/c1-7(8-3-4-8)16(2)12-6-10(14)9(13(17)18)5-11(12)15/h5-8H,3-4,15H2,1-2H3,(H,17,18). The summed E-state index contributed by atoms with van der Waals surface area (Å²) in [4.78, 5) is 12.7. The van der Waals surface area contributed by atoms with E-state index in [9.17, 15) is 9.18 Å². The molecule has 0 aliphatic heterocycles. The Morgan fingerprint density at radius 1 is 1.56 bits per heavy atom. The summed E-state index contributed by atoms with van der Waals surface area (Å²) in [5.74, 6) is -1.43. The van der Waals surface area contributed by atoms with Crippen LogP contribution >= 0.6 is 0 Å². The molecule has 0 amide bonds. The van der Waals surface area contributed by atoms with Gasteiger partial charge in [0.2, 0.25) is 0 Å². The summed E-state index contributed by atoms with van der Waals surface area (Å²) >= 11 is 0. The lowest BCUT2D eigenvalue weighted by Gasteiger charge is -2.28. The van der Waals surface area contributed by atoms with Gasteiger partial charge in [-0.2, -0.15) is 0 Å². The number of nitrogens with zero attached hydrogens (tertiary/aromatic N) is 1. The minimum atomic E-state index is -1.30. The number of carbonyl (C=O) groups is 1. The fraction of sp³-hybridized carbons (Fsp3) is 0.462. The summed E-state index contributed by atoms with van der Waals surface area (Å²) in [6.45, 7) is 2.07. The van der Waals surface area contributed by atoms with Gasteiger partial charge >= 0.3 is 5.97 Å². The molecule has 1 unspecified atom stereocenters. The average Bonchev–Trinajstić information content (AvgIpc) is 3.13. The van der Waals surface area contributed by atoms with Gasteiger partial charge in [-0.05, 0) is 31.7 Å². The summed E-state index contributed by atoms with van der Waals surface area (Å²) in [6, 6.07) is 2.67. The highest BCUT2D eigenvalue weighted by Crippen LogP contribution is 2.38. The molecule has 1 aliphatic carbocycles. The van der Waals surface area contributed by atoms with Gasteiger partial charge in [-0.15, -0.1) is 0 Å². The number of carboxylic acid groups (broad SMARTS) is 1. The topological polar surface area (TPSA) is 66.6 Å². The lowest BCUT2D eigenvalue weighted by atomic mass is 10.1. The van der Waals surface area contributed by atoms with E-state index in [0.717, 1.165) is 0 Å². The van der Waals surface area contributed by atoms with E-state index in [1.54, 1.807) is 0 Å². The van der Waals surface area contributed by atoms with Crippen molar-refractivity contribution >= 4 is 17.3 Å². The van der Waals surface area contributed by atoms with Crippen LogP contribution in [0.15, 0.2) is 12.1 Å². The largest absolute Gasteiger partial charge is 0.478 e. The summed E-state index contributed by atoms with van der Waals surface area (Å²) in [6.07, 6.45) is 2.36. The van der Waals surface area contributed by atoms with Gasteiger partial charge < -0.3 is 15.7 Å². The van der Waals surface area contributed by atoms with Crippen molar-refractivity contribution in [3.8, 4) is 0 Å². The second-order valence-corrected chi connectivity index (χ2v) is 4.88. The van der Waals surface area contributed by atoms with E-state index >= 15 is 0 Å². The molecule has 98 valence electrons. The van der Waals surface area contributed by atoms with Crippen LogP contribution < -0.4 is 10.6 Å². The van der Waals surface area contributed by atoms with E-state index in [4.69, 9.17) is 10.8 Å². The minimum Gasteiger partial charge on any atom is -0.478 e. The normalized spacial score (nSPS) is 16.4. The lowest BCUT2D eigenvalue weighted by molar-refractivity contribution is 0.0692. The summed E-state index contributed by atoms with van der Waals surface area (Å²) in [5, 5.41) is 8.82. The van der Waals surface area contributed by atoms with Crippen molar-refractivity contribution < 1.29 is 14.3 Å². The summed E-state index contributed by atoms with van der Waals surface area (Å²) < 4.78 is 13.7. The van der Waals surface area contributed by atoms with E-state index in [1.165, 1.54) is 25.0 Å². The number of benzene rings is 1. The number of anilines is 2. The number of nitrogens with two attached hydrogens (primary N) is 1. The van der Waals surface area contributed by atoms with Gasteiger partial charge in [0.1, 0.15) is 5.82 Å². The molecule has 0 spiro atoms. The molecular weight excluding hydrogens is 235 g/mol. The molecule has 3 N–H and O–H groups in total. The first kappa shape index (κ1) is 12.7. The number of hydrogen-bond acceptors (Lipinski definition) is 3. The Hall–Kier alpha value is -1.78. The smallest absolute Gasteiger partial charge is 0.338 e. The molecule has 1 saturated carbocycles. The molecule has 5 heteroatoms. The highest BCUT2D eigenvalue weighted by atomic mass is 19.1. The van der Waals surface area contributed by atoms with E-state index in [0.29, 0.717) is 17.3 Å². The molecule has 1 aromatic rings. The Bertz CT molecular complexity index is 486. The lowest BCUT2D eigenvalue weighted by Crippen LogP contribution is -2.31. The van der Waals surface area contributed by atoms with Crippen LogP contribution in [-0.2, 0) is 0 Å². The van der Waals surface area contributed by atoms with Crippen LogP contribution in [0.1, 0.15) is 30.1 Å². The van der Waals surface area contributed by atoms with Gasteiger partial charge in [-0.25, -0.2) is 9.18 Å². The van der Waals surface area contributed by atoms with Gasteiger partial charge in [0.05, 0.1) is 16.9 Å². The second-order valence-electron chi connectivity index (χ2n) is 4.88. The van der Waals surface area contributed by atoms with Gasteiger partial charge in [-0.1, -0.05) is 0 Å². The zero-order chi connectivity index (χ0) is 13.4. The van der Waals surface area contributed by atoms with Crippen molar-refractivity contribution in [1.29, 1.82) is 0 Å². The van der Waals surface area contributed by atoms with Crippen molar-refractivity contribution in [1.82, 2.24) is 0 Å². The predicted molar refractivity (Wildman–Crippen MR) is 68.4 cm³/mol. The van der Waals surface area contributed by atoms with Crippen LogP contribution in [0.25, 0.3) is 0 Å². The first-order chi connectivity index (χ1) is 8.41. The first-order valence-corrected chi connectivity index (χ1v) is 5.97. The third kappa shape index (κ3) is 2.25. The Morgan fingerprint density at radius 2 is 2.17 bits per heavy atom. The third-order valence-electron chi connectivity index (χ3n) is 3.64. The Balaban J connectivity index is 2.33. The Kier molecular flexibility index (Phi) is 3.15. The maximum Gasteiger partial charge on any atom is 0.338 e. The van der Waals surface area contributed by atoms with Crippen molar-refractivity contribution in [2.24, 2.45) is 5.92 Å². The molecule has 0 heterocycles. The molecule has 1 aliphatic rings. The molecule has 0 aromatic heterocycles. The number of nitrogen functional groups attached to an aromatic ring is 1. The SMILES string of the molecule is CC(C1CC1)N(C)c1cc(F)c(C(=O)O)cc1N. The summed E-state index contributed by atoms with van der Waals surface area (Å²) in [5.41, 5.74) is 6.28. The number of aromatic carboxylic acids is 1. The maximum atomic E-state index is 13.7. The van der Waals surface area contributed by atoms with Gasteiger partial charge in [0.25, 0.3) is 0 Å². The monoisotopic (exact) mass is 252 g/mol. The molecule has 18 heavy (non-hydrogen) atoms. The van der Waals surface area contributed by atoms with Crippen LogP contribution in [0.4, 0.5) is 15.8 Å². The van der Waals surface area contributed by atoms with E-state index in [2.05, 4.69) is 6.92 Å². The van der Waals surface area contributed by atoms with Gasteiger partial charge in [0.15, 0.2) is 0 Å². The second kappa shape index (κ2) is 4.48. The van der Waals surface area contributed by atoms with Crippen molar-refractivity contribution in [3.63, 3.8) is 0 Å². The molecule has 1 aromatic carbocycles. The molecule has 0 saturated heterocycles. The van der Waals surface area contributed by atoms with Gasteiger partial charge in [-0.3, -0.25) is 0 Å². The zero-order valence-corrected chi connectivity index (χ0v) is 10.5. The molecule has 2 rings (SSSR count). The quantitative estimate of drug-likeness (QED) is 0.807. The number of rotatable bonds is 4. The third-order valence-corrected chi connectivity index (χ3v) is 3.64. The summed E-state index contributed by atoms with van der Waals surface area (Å²) in [7, 11) is 1.86. The van der Waals surface area contributed by atoms with E-state index in [-0.39, 0.29) is 11.6 Å². The van der Waals surface area contributed by atoms with Crippen LogP contribution in [0, 0.1) is 11.7 Å². The van der Waals surface area contributed by atoms with Crippen LogP contribution in [0.5, 0.6) is 0 Å². The number of hydrogen-bond donors (Lipinski definition) is 2. The minimum absolute atomic E-state index is 0.280. The van der Waals surface area contributed by atoms with Crippen LogP contribution in [0.2, 0.25) is 0 Å². The molecule has 0 bridgehead atoms. The van der Waals surface area contributed by atoms with Crippen LogP contribution in [-0.4, -0.2) is 24.2 Å². The average molecular weight is 252 g/mol. The van der Waals surface area contributed by atoms with E-state index < -0.39 is 11.8 Å². The molecular formula is C13H17FN2O2. The van der Waals surface area contributed by atoms with Gasteiger partial charge in [0, 0.05) is 19.2 Å². The van der Waals surface area contributed by atoms with Crippen LogP contribution in [0.3, 0.4) is 0 Å². The molecule has 1 atom stereocenters. The fourth-order valence-electron chi connectivity index (χ4n) is 2.16. The highest BCUT2D eigenvalue weighted by molar-refractivity contribution is 5.91. The first-order valence-electron chi connectivity index (χ1n) is 5.97. The van der Waals surface area contributed by atoms with Crippen molar-refractivity contribution in [3.05, 3.63) is 23.5 Å². The van der Waals surface area contributed by atoms with E-state index in [1.807, 2.05) is 11.9 Å². The Labute approximate surface area is 105 Å². The number of carboxylic acids is 1. The Morgan fingerprint density at radius 3 is 2.67 bits per heavy atom. The maximum absolute atomic E-state index is 13.7. The molecule has 1 fully saturated rings. The molecule has 0 radical (unpaired) electrons. The van der Waals surface area contributed by atoms with Crippen molar-refractivity contribution in [2.75, 3.05) is 17.7 Å².